The van der Waals surface area contributed by atoms with Gasteiger partial charge < -0.3 is 16.2 Å². The summed E-state index contributed by atoms with van der Waals surface area (Å²) >= 11 is 0. The second-order valence-corrected chi connectivity index (χ2v) is 5.06. The van der Waals surface area contributed by atoms with Crippen molar-refractivity contribution in [2.45, 2.75) is 38.0 Å². The fraction of sp³-hybridized carbons (Fsp3) is 0.500. The lowest BCUT2D eigenvalue weighted by Gasteiger charge is -2.13. The molecule has 0 saturated carbocycles. The lowest BCUT2D eigenvalue weighted by Crippen LogP contribution is -2.31. The number of benzene rings is 1. The van der Waals surface area contributed by atoms with E-state index in [-0.39, 0.29) is 12.5 Å². The van der Waals surface area contributed by atoms with Gasteiger partial charge in [0.25, 0.3) is 0 Å². The van der Waals surface area contributed by atoms with Crippen LogP contribution in [0, 0.1) is 0 Å². The summed E-state index contributed by atoms with van der Waals surface area (Å²) in [4.78, 5) is 23.0. The van der Waals surface area contributed by atoms with Crippen LogP contribution in [-0.2, 0) is 9.59 Å². The number of carbonyl (C=O) groups is 2. The Morgan fingerprint density at radius 2 is 1.76 bits per heavy atom. The molecular weight excluding hydrogens is 268 g/mol. The maximum atomic E-state index is 11.7. The highest BCUT2D eigenvalue weighted by Crippen LogP contribution is 2.14. The van der Waals surface area contributed by atoms with E-state index in [1.54, 1.807) is 24.3 Å². The molecule has 21 heavy (non-hydrogen) atoms. The zero-order valence-corrected chi connectivity index (χ0v) is 12.3. The highest BCUT2D eigenvalue weighted by atomic mass is 16.4. The van der Waals surface area contributed by atoms with Crippen molar-refractivity contribution in [1.82, 2.24) is 5.32 Å². The van der Waals surface area contributed by atoms with Crippen molar-refractivity contribution in [2.75, 3.05) is 13.1 Å². The lowest BCUT2D eigenvalue weighted by atomic mass is 9.99. The number of aliphatic carboxylic acids is 1. The summed E-state index contributed by atoms with van der Waals surface area (Å²) in [5, 5.41) is 12.0. The monoisotopic (exact) mass is 292 g/mol. The molecule has 0 spiro atoms. The molecule has 0 aliphatic carbocycles. The minimum atomic E-state index is -0.926. The third-order valence-electron chi connectivity index (χ3n) is 3.36. The molecule has 1 aromatic rings. The number of nitrogens with two attached hydrogens (primary N) is 1. The molecule has 0 fully saturated rings. The van der Waals surface area contributed by atoms with Gasteiger partial charge in [-0.1, -0.05) is 43.2 Å². The topological polar surface area (TPSA) is 92.4 Å². The number of hydrogen-bond donors (Lipinski definition) is 3. The SMILES string of the molecule is NCCCCCCC(=O)NCC(C(=O)O)c1ccccc1. The Kier molecular flexibility index (Phi) is 8.12. The molecule has 1 amide bonds. The van der Waals surface area contributed by atoms with Crippen molar-refractivity contribution < 1.29 is 14.7 Å². The molecule has 0 aliphatic heterocycles. The molecule has 1 rings (SSSR count). The molecule has 0 radical (unpaired) electrons. The molecular formula is C16H24N2O3. The highest BCUT2D eigenvalue weighted by molar-refractivity contribution is 5.79. The summed E-state index contributed by atoms with van der Waals surface area (Å²) in [6.45, 7) is 0.810. The van der Waals surface area contributed by atoms with Crippen molar-refractivity contribution in [3.05, 3.63) is 35.9 Å². The van der Waals surface area contributed by atoms with Crippen LogP contribution in [0.4, 0.5) is 0 Å². The molecule has 0 aromatic heterocycles. The van der Waals surface area contributed by atoms with Gasteiger partial charge in [-0.3, -0.25) is 9.59 Å². The van der Waals surface area contributed by atoms with Crippen molar-refractivity contribution >= 4 is 11.9 Å². The van der Waals surface area contributed by atoms with E-state index in [1.165, 1.54) is 0 Å². The second-order valence-electron chi connectivity index (χ2n) is 5.06. The van der Waals surface area contributed by atoms with E-state index in [0.29, 0.717) is 18.5 Å². The first-order chi connectivity index (χ1) is 10.1. The third kappa shape index (κ3) is 6.90. The Labute approximate surface area is 125 Å². The minimum absolute atomic E-state index is 0.0927. The third-order valence-corrected chi connectivity index (χ3v) is 3.36. The van der Waals surface area contributed by atoms with Gasteiger partial charge in [0.1, 0.15) is 0 Å². The van der Waals surface area contributed by atoms with Crippen LogP contribution in [0.5, 0.6) is 0 Å². The minimum Gasteiger partial charge on any atom is -0.481 e. The molecule has 116 valence electrons. The van der Waals surface area contributed by atoms with Crippen LogP contribution < -0.4 is 11.1 Å². The van der Waals surface area contributed by atoms with Crippen LogP contribution in [0.25, 0.3) is 0 Å². The first-order valence-corrected chi connectivity index (χ1v) is 7.39. The molecule has 1 aromatic carbocycles. The van der Waals surface area contributed by atoms with E-state index in [9.17, 15) is 14.7 Å². The van der Waals surface area contributed by atoms with E-state index in [1.807, 2.05) is 6.07 Å². The van der Waals surface area contributed by atoms with Gasteiger partial charge >= 0.3 is 5.97 Å². The molecule has 1 atom stereocenters. The number of unbranched alkanes of at least 4 members (excludes halogenated alkanes) is 3. The summed E-state index contributed by atoms with van der Waals surface area (Å²) in [6.07, 6.45) is 4.24. The van der Waals surface area contributed by atoms with Gasteiger partial charge in [0.05, 0.1) is 5.92 Å². The number of carboxylic acid groups (broad SMARTS) is 1. The molecule has 0 bridgehead atoms. The maximum Gasteiger partial charge on any atom is 0.312 e. The van der Waals surface area contributed by atoms with Crippen LogP contribution in [0.15, 0.2) is 30.3 Å². The summed E-state index contributed by atoms with van der Waals surface area (Å²) in [5.74, 6) is -1.72. The maximum absolute atomic E-state index is 11.7. The van der Waals surface area contributed by atoms with E-state index in [4.69, 9.17) is 5.73 Å². The van der Waals surface area contributed by atoms with Gasteiger partial charge in [-0.05, 0) is 24.9 Å². The number of rotatable bonds is 10. The molecule has 0 saturated heterocycles. The van der Waals surface area contributed by atoms with Gasteiger partial charge in [-0.25, -0.2) is 0 Å². The molecule has 5 heteroatoms. The van der Waals surface area contributed by atoms with Gasteiger partial charge in [0.2, 0.25) is 5.91 Å². The first-order valence-electron chi connectivity index (χ1n) is 7.39. The van der Waals surface area contributed by atoms with Crippen molar-refractivity contribution in [1.29, 1.82) is 0 Å². The van der Waals surface area contributed by atoms with E-state index >= 15 is 0 Å². The van der Waals surface area contributed by atoms with Crippen LogP contribution in [0.2, 0.25) is 0 Å². The fourth-order valence-corrected chi connectivity index (χ4v) is 2.12. The van der Waals surface area contributed by atoms with Gasteiger partial charge in [-0.2, -0.15) is 0 Å². The van der Waals surface area contributed by atoms with E-state index in [2.05, 4.69) is 5.32 Å². The zero-order chi connectivity index (χ0) is 15.5. The first kappa shape index (κ1) is 17.2. The molecule has 0 heterocycles. The Balaban J connectivity index is 2.34. The standard InChI is InChI=1S/C16H24N2O3/c17-11-7-2-1-6-10-15(19)18-12-14(16(20)21)13-8-4-3-5-9-13/h3-5,8-9,14H,1-2,6-7,10-12,17H2,(H,18,19)(H,20,21). The molecule has 4 N–H and O–H groups in total. The van der Waals surface area contributed by atoms with Crippen molar-refractivity contribution in [3.63, 3.8) is 0 Å². The van der Waals surface area contributed by atoms with Gasteiger partial charge in [-0.15, -0.1) is 0 Å². The Bertz CT molecular complexity index is 434. The van der Waals surface area contributed by atoms with Crippen LogP contribution in [0.3, 0.4) is 0 Å². The Morgan fingerprint density at radius 3 is 2.38 bits per heavy atom. The van der Waals surface area contributed by atoms with Crippen molar-refractivity contribution in [2.24, 2.45) is 5.73 Å². The second kappa shape index (κ2) is 9.94. The van der Waals surface area contributed by atoms with Crippen LogP contribution in [0.1, 0.15) is 43.6 Å². The largest absolute Gasteiger partial charge is 0.481 e. The normalized spacial score (nSPS) is 11.9. The zero-order valence-electron chi connectivity index (χ0n) is 12.3. The van der Waals surface area contributed by atoms with Gasteiger partial charge in [0, 0.05) is 13.0 Å². The van der Waals surface area contributed by atoms with Crippen molar-refractivity contribution in [3.8, 4) is 0 Å². The number of carbonyl (C=O) groups excluding carboxylic acids is 1. The quantitative estimate of drug-likeness (QED) is 0.574. The summed E-state index contributed by atoms with van der Waals surface area (Å²) in [6, 6.07) is 8.95. The Morgan fingerprint density at radius 1 is 1.10 bits per heavy atom. The summed E-state index contributed by atoms with van der Waals surface area (Å²) in [5.41, 5.74) is 6.10. The van der Waals surface area contributed by atoms with Crippen LogP contribution in [-0.4, -0.2) is 30.1 Å². The predicted octanol–water partition coefficient (Wildman–Crippen LogP) is 1.88. The smallest absolute Gasteiger partial charge is 0.312 e. The fourth-order valence-electron chi connectivity index (χ4n) is 2.12. The number of hydrogen-bond acceptors (Lipinski definition) is 3. The van der Waals surface area contributed by atoms with E-state index < -0.39 is 11.9 Å². The number of nitrogens with one attached hydrogen (secondary N) is 1. The molecule has 1 unspecified atom stereocenters. The molecule has 0 aliphatic rings. The molecule has 5 nitrogen and oxygen atoms in total. The number of amides is 1. The predicted molar refractivity (Wildman–Crippen MR) is 82.0 cm³/mol. The summed E-state index contributed by atoms with van der Waals surface area (Å²) < 4.78 is 0. The van der Waals surface area contributed by atoms with Gasteiger partial charge in [0.15, 0.2) is 0 Å². The average Bonchev–Trinajstić information content (AvgIpc) is 2.48. The number of carboxylic acids is 1. The average molecular weight is 292 g/mol. The highest BCUT2D eigenvalue weighted by Gasteiger charge is 2.20. The summed E-state index contributed by atoms with van der Waals surface area (Å²) in [7, 11) is 0. The van der Waals surface area contributed by atoms with Crippen LogP contribution >= 0.6 is 0 Å². The Hall–Kier alpha value is -1.88. The lowest BCUT2D eigenvalue weighted by molar-refractivity contribution is -0.138. The van der Waals surface area contributed by atoms with E-state index in [0.717, 1.165) is 25.7 Å².